The van der Waals surface area contributed by atoms with Gasteiger partial charge in [0.25, 0.3) is 5.91 Å². The Balaban J connectivity index is 2.66. The second-order valence-corrected chi connectivity index (χ2v) is 5.39. The van der Waals surface area contributed by atoms with E-state index in [-0.39, 0.29) is 24.5 Å². The van der Waals surface area contributed by atoms with Gasteiger partial charge in [0.15, 0.2) is 0 Å². The Bertz CT molecular complexity index is 417. The van der Waals surface area contributed by atoms with Crippen molar-refractivity contribution in [3.63, 3.8) is 0 Å². The number of rotatable bonds is 7. The van der Waals surface area contributed by atoms with E-state index in [2.05, 4.69) is 17.1 Å². The average Bonchev–Trinajstić information content (AvgIpc) is 2.46. The molecule has 1 aromatic rings. The summed E-state index contributed by atoms with van der Waals surface area (Å²) in [6.45, 7) is 7.02. The minimum Gasteiger partial charge on any atom is -0.396 e. The Kier molecular flexibility index (Phi) is 6.52. The molecular formula is C16H26N2O2. The van der Waals surface area contributed by atoms with Crippen LogP contribution in [-0.4, -0.2) is 37.3 Å². The zero-order valence-corrected chi connectivity index (χ0v) is 12.9. The Morgan fingerprint density at radius 3 is 2.40 bits per heavy atom. The van der Waals surface area contributed by atoms with E-state index in [0.29, 0.717) is 5.56 Å². The molecule has 0 radical (unpaired) electrons. The Morgan fingerprint density at radius 1 is 1.30 bits per heavy atom. The average molecular weight is 278 g/mol. The van der Waals surface area contributed by atoms with Crippen LogP contribution in [0.25, 0.3) is 0 Å². The molecule has 2 unspecified atom stereocenters. The van der Waals surface area contributed by atoms with Gasteiger partial charge in [0.1, 0.15) is 0 Å². The molecule has 0 saturated heterocycles. The molecule has 0 aliphatic rings. The fourth-order valence-electron chi connectivity index (χ4n) is 1.92. The molecule has 0 saturated carbocycles. The number of aliphatic hydroxyl groups excluding tert-OH is 1. The molecule has 1 aromatic carbocycles. The molecule has 0 aromatic heterocycles. The summed E-state index contributed by atoms with van der Waals surface area (Å²) >= 11 is 0. The molecule has 2 N–H and O–H groups in total. The Morgan fingerprint density at radius 2 is 1.90 bits per heavy atom. The van der Waals surface area contributed by atoms with Gasteiger partial charge in [0.2, 0.25) is 0 Å². The van der Waals surface area contributed by atoms with Gasteiger partial charge in [-0.15, -0.1) is 0 Å². The van der Waals surface area contributed by atoms with Crippen LogP contribution >= 0.6 is 0 Å². The molecule has 1 amide bonds. The molecule has 0 heterocycles. The van der Waals surface area contributed by atoms with Crippen LogP contribution in [0.4, 0.5) is 5.69 Å². The van der Waals surface area contributed by atoms with Gasteiger partial charge in [0.05, 0.1) is 0 Å². The molecule has 0 bridgehead atoms. The highest BCUT2D eigenvalue weighted by molar-refractivity contribution is 5.94. The third-order valence-electron chi connectivity index (χ3n) is 3.63. The molecule has 0 aliphatic heterocycles. The fourth-order valence-corrected chi connectivity index (χ4v) is 1.92. The van der Waals surface area contributed by atoms with Crippen LogP contribution in [0.15, 0.2) is 24.3 Å². The molecule has 4 nitrogen and oxygen atoms in total. The first kappa shape index (κ1) is 16.5. The minimum atomic E-state index is -0.0949. The predicted octanol–water partition coefficient (Wildman–Crippen LogP) is 2.28. The molecule has 0 aliphatic carbocycles. The Labute approximate surface area is 121 Å². The lowest BCUT2D eigenvalue weighted by Crippen LogP contribution is -2.38. The van der Waals surface area contributed by atoms with E-state index in [1.54, 1.807) is 0 Å². The van der Waals surface area contributed by atoms with E-state index >= 15 is 0 Å². The van der Waals surface area contributed by atoms with E-state index in [1.807, 2.05) is 45.2 Å². The van der Waals surface area contributed by atoms with E-state index in [4.69, 9.17) is 5.11 Å². The number of anilines is 1. The molecule has 0 spiro atoms. The fraction of sp³-hybridized carbons (Fsp3) is 0.562. The maximum Gasteiger partial charge on any atom is 0.251 e. The summed E-state index contributed by atoms with van der Waals surface area (Å²) in [4.78, 5) is 14.2. The van der Waals surface area contributed by atoms with Crippen LogP contribution < -0.4 is 10.2 Å². The number of carbonyl (C=O) groups is 1. The highest BCUT2D eigenvalue weighted by atomic mass is 16.3. The molecule has 20 heavy (non-hydrogen) atoms. The summed E-state index contributed by atoms with van der Waals surface area (Å²) in [5.41, 5.74) is 1.76. The van der Waals surface area contributed by atoms with Crippen molar-refractivity contribution in [1.29, 1.82) is 0 Å². The van der Waals surface area contributed by atoms with Crippen molar-refractivity contribution in [3.8, 4) is 0 Å². The normalized spacial score (nSPS) is 13.7. The number of hydrogen-bond donors (Lipinski definition) is 2. The van der Waals surface area contributed by atoms with Crippen LogP contribution in [0.1, 0.15) is 37.6 Å². The first-order chi connectivity index (χ1) is 9.49. The van der Waals surface area contributed by atoms with E-state index < -0.39 is 0 Å². The number of aliphatic hydroxyl groups is 1. The first-order valence-electron chi connectivity index (χ1n) is 7.22. The number of benzene rings is 1. The van der Waals surface area contributed by atoms with Crippen molar-refractivity contribution in [2.24, 2.45) is 5.92 Å². The predicted molar refractivity (Wildman–Crippen MR) is 83.2 cm³/mol. The lowest BCUT2D eigenvalue weighted by Gasteiger charge is -2.20. The summed E-state index contributed by atoms with van der Waals surface area (Å²) in [5, 5.41) is 12.0. The van der Waals surface area contributed by atoms with Gasteiger partial charge in [-0.1, -0.05) is 13.8 Å². The smallest absolute Gasteiger partial charge is 0.251 e. The highest BCUT2D eigenvalue weighted by Gasteiger charge is 2.15. The summed E-state index contributed by atoms with van der Waals surface area (Å²) in [7, 11) is 2.05. The largest absolute Gasteiger partial charge is 0.396 e. The zero-order chi connectivity index (χ0) is 15.1. The first-order valence-corrected chi connectivity index (χ1v) is 7.22. The lowest BCUT2D eigenvalue weighted by molar-refractivity contribution is 0.0916. The lowest BCUT2D eigenvalue weighted by atomic mass is 10.0. The van der Waals surface area contributed by atoms with Crippen molar-refractivity contribution in [1.82, 2.24) is 5.32 Å². The molecule has 112 valence electrons. The van der Waals surface area contributed by atoms with Gasteiger partial charge in [0, 0.05) is 37.5 Å². The van der Waals surface area contributed by atoms with Gasteiger partial charge in [-0.05, 0) is 43.5 Å². The maximum absolute atomic E-state index is 12.1. The van der Waals surface area contributed by atoms with E-state index in [9.17, 15) is 4.79 Å². The second kappa shape index (κ2) is 7.90. The summed E-state index contributed by atoms with van der Waals surface area (Å²) in [6.07, 6.45) is 1.09. The minimum absolute atomic E-state index is 0.0464. The monoisotopic (exact) mass is 278 g/mol. The van der Waals surface area contributed by atoms with Crippen LogP contribution in [0.2, 0.25) is 0 Å². The quantitative estimate of drug-likeness (QED) is 0.804. The second-order valence-electron chi connectivity index (χ2n) is 5.39. The zero-order valence-electron chi connectivity index (χ0n) is 12.9. The van der Waals surface area contributed by atoms with Crippen LogP contribution in [-0.2, 0) is 0 Å². The van der Waals surface area contributed by atoms with Crippen LogP contribution in [0.3, 0.4) is 0 Å². The number of amides is 1. The topological polar surface area (TPSA) is 52.6 Å². The number of carbonyl (C=O) groups excluding carboxylic acids is 1. The third kappa shape index (κ3) is 4.53. The summed E-state index contributed by atoms with van der Waals surface area (Å²) < 4.78 is 0. The molecule has 2 atom stereocenters. The van der Waals surface area contributed by atoms with Crippen molar-refractivity contribution in [2.45, 2.75) is 33.2 Å². The van der Waals surface area contributed by atoms with Crippen molar-refractivity contribution in [3.05, 3.63) is 29.8 Å². The SMILES string of the molecule is CCCN(C)c1ccc(C(=O)NC(C)C(C)CO)cc1. The van der Waals surface area contributed by atoms with Gasteiger partial charge in [-0.2, -0.15) is 0 Å². The summed E-state index contributed by atoms with van der Waals surface area (Å²) in [6, 6.07) is 7.56. The van der Waals surface area contributed by atoms with Crippen LogP contribution in [0, 0.1) is 5.92 Å². The molecular weight excluding hydrogens is 252 g/mol. The number of hydrogen-bond acceptors (Lipinski definition) is 3. The van der Waals surface area contributed by atoms with Gasteiger partial charge in [-0.3, -0.25) is 4.79 Å². The summed E-state index contributed by atoms with van der Waals surface area (Å²) in [5.74, 6) is -0.0450. The molecule has 0 fully saturated rings. The number of nitrogens with one attached hydrogen (secondary N) is 1. The van der Waals surface area contributed by atoms with Gasteiger partial charge in [-0.25, -0.2) is 0 Å². The number of nitrogens with zero attached hydrogens (tertiary/aromatic N) is 1. The van der Waals surface area contributed by atoms with E-state index in [1.165, 1.54) is 0 Å². The third-order valence-corrected chi connectivity index (χ3v) is 3.63. The van der Waals surface area contributed by atoms with Gasteiger partial charge >= 0.3 is 0 Å². The van der Waals surface area contributed by atoms with Gasteiger partial charge < -0.3 is 15.3 Å². The van der Waals surface area contributed by atoms with Crippen LogP contribution in [0.5, 0.6) is 0 Å². The molecule has 4 heteroatoms. The standard InChI is InChI=1S/C16H26N2O2/c1-5-10-18(4)15-8-6-14(7-9-15)16(20)17-13(3)12(2)11-19/h6-9,12-13,19H,5,10-11H2,1-4H3,(H,17,20). The van der Waals surface area contributed by atoms with Crippen molar-refractivity contribution in [2.75, 3.05) is 25.1 Å². The van der Waals surface area contributed by atoms with Crippen molar-refractivity contribution >= 4 is 11.6 Å². The highest BCUT2D eigenvalue weighted by Crippen LogP contribution is 2.14. The Hall–Kier alpha value is -1.55. The molecule has 1 rings (SSSR count). The van der Waals surface area contributed by atoms with E-state index in [0.717, 1.165) is 18.7 Å². The maximum atomic E-state index is 12.1. The van der Waals surface area contributed by atoms with Crippen molar-refractivity contribution < 1.29 is 9.90 Å².